The van der Waals surface area contributed by atoms with Crippen LogP contribution in [-0.2, 0) is 0 Å². The molecule has 3 rings (SSSR count). The molecular formula is C12H10BrF2N3O. The van der Waals surface area contributed by atoms with Crippen molar-refractivity contribution in [1.29, 1.82) is 0 Å². The van der Waals surface area contributed by atoms with Gasteiger partial charge in [0.15, 0.2) is 0 Å². The topological polar surface area (TPSA) is 51.0 Å². The summed E-state index contributed by atoms with van der Waals surface area (Å²) in [6, 6.07) is 6.81. The Hall–Kier alpha value is -1.34. The summed E-state index contributed by atoms with van der Waals surface area (Å²) < 4.78 is 32.2. The maximum atomic E-state index is 13.1. The van der Waals surface area contributed by atoms with Gasteiger partial charge < -0.3 is 4.52 Å². The lowest BCUT2D eigenvalue weighted by molar-refractivity contribution is 0.0200. The Labute approximate surface area is 116 Å². The Bertz CT molecular complexity index is 602. The second-order valence-corrected chi connectivity index (χ2v) is 5.38. The van der Waals surface area contributed by atoms with Gasteiger partial charge in [-0.05, 0) is 12.1 Å². The van der Waals surface area contributed by atoms with Gasteiger partial charge in [-0.1, -0.05) is 33.2 Å². The van der Waals surface area contributed by atoms with Crippen molar-refractivity contribution in [3.63, 3.8) is 0 Å². The summed E-state index contributed by atoms with van der Waals surface area (Å²) >= 11 is 3.35. The Balaban J connectivity index is 1.84. The highest BCUT2D eigenvalue weighted by atomic mass is 79.9. The van der Waals surface area contributed by atoms with Crippen molar-refractivity contribution >= 4 is 15.9 Å². The molecular weight excluding hydrogens is 320 g/mol. The third kappa shape index (κ3) is 2.66. The van der Waals surface area contributed by atoms with Gasteiger partial charge in [-0.3, -0.25) is 5.32 Å². The lowest BCUT2D eigenvalue weighted by Gasteiger charge is -2.04. The molecule has 1 fully saturated rings. The van der Waals surface area contributed by atoms with E-state index in [4.69, 9.17) is 4.52 Å². The van der Waals surface area contributed by atoms with Crippen molar-refractivity contribution in [2.75, 3.05) is 6.54 Å². The Kier molecular flexibility index (Phi) is 3.10. The van der Waals surface area contributed by atoms with Crippen LogP contribution < -0.4 is 5.32 Å². The lowest BCUT2D eigenvalue weighted by Crippen LogP contribution is -2.19. The van der Waals surface area contributed by atoms with E-state index in [1.54, 1.807) is 0 Å². The molecule has 1 aliphatic rings. The molecule has 0 amide bonds. The largest absolute Gasteiger partial charge is 0.337 e. The maximum absolute atomic E-state index is 13.1. The van der Waals surface area contributed by atoms with E-state index >= 15 is 0 Å². The van der Waals surface area contributed by atoms with E-state index in [1.807, 2.05) is 24.3 Å². The van der Waals surface area contributed by atoms with Gasteiger partial charge in [0, 0.05) is 16.5 Å². The average Bonchev–Trinajstić information content (AvgIpc) is 2.95. The molecule has 1 saturated heterocycles. The van der Waals surface area contributed by atoms with Gasteiger partial charge in [-0.15, -0.1) is 0 Å². The molecule has 7 heteroatoms. The monoisotopic (exact) mass is 329 g/mol. The van der Waals surface area contributed by atoms with E-state index in [2.05, 4.69) is 31.4 Å². The van der Waals surface area contributed by atoms with Gasteiger partial charge in [-0.25, -0.2) is 8.78 Å². The molecule has 4 nitrogen and oxygen atoms in total. The third-order valence-corrected chi connectivity index (χ3v) is 3.43. The number of aromatic nitrogens is 2. The molecule has 1 aromatic heterocycles. The molecule has 2 aromatic rings. The molecule has 19 heavy (non-hydrogen) atoms. The van der Waals surface area contributed by atoms with Crippen LogP contribution in [0, 0.1) is 0 Å². The smallest absolute Gasteiger partial charge is 0.262 e. The molecule has 0 aliphatic carbocycles. The zero-order valence-electron chi connectivity index (χ0n) is 9.74. The van der Waals surface area contributed by atoms with Crippen LogP contribution in [-0.4, -0.2) is 22.6 Å². The fraction of sp³-hybridized carbons (Fsp3) is 0.333. The van der Waals surface area contributed by atoms with Crippen molar-refractivity contribution in [1.82, 2.24) is 15.5 Å². The summed E-state index contributed by atoms with van der Waals surface area (Å²) in [5.41, 5.74) is 0.772. The molecule has 0 saturated carbocycles. The van der Waals surface area contributed by atoms with Gasteiger partial charge in [0.25, 0.3) is 5.92 Å². The van der Waals surface area contributed by atoms with Crippen LogP contribution in [0.1, 0.15) is 18.4 Å². The Morgan fingerprint density at radius 1 is 1.42 bits per heavy atom. The molecule has 1 unspecified atom stereocenters. The van der Waals surface area contributed by atoms with Crippen molar-refractivity contribution in [3.8, 4) is 11.4 Å². The van der Waals surface area contributed by atoms with Crippen LogP contribution in [0.2, 0.25) is 0 Å². The predicted molar refractivity (Wildman–Crippen MR) is 67.7 cm³/mol. The van der Waals surface area contributed by atoms with Gasteiger partial charge in [-0.2, -0.15) is 4.98 Å². The first kappa shape index (κ1) is 12.7. The maximum Gasteiger partial charge on any atom is 0.262 e. The van der Waals surface area contributed by atoms with Crippen LogP contribution in [0.3, 0.4) is 0 Å². The third-order valence-electron chi connectivity index (χ3n) is 2.93. The fourth-order valence-corrected chi connectivity index (χ4v) is 2.41. The normalized spacial score (nSPS) is 21.7. The van der Waals surface area contributed by atoms with E-state index in [9.17, 15) is 8.78 Å². The second kappa shape index (κ2) is 4.64. The highest BCUT2D eigenvalue weighted by Crippen LogP contribution is 2.33. The number of halogens is 3. The number of nitrogens with one attached hydrogen (secondary N) is 1. The second-order valence-electron chi connectivity index (χ2n) is 4.46. The summed E-state index contributed by atoms with van der Waals surface area (Å²) in [6.45, 7) is -0.355. The van der Waals surface area contributed by atoms with Crippen molar-refractivity contribution < 1.29 is 13.3 Å². The Morgan fingerprint density at radius 2 is 2.26 bits per heavy atom. The van der Waals surface area contributed by atoms with Crippen LogP contribution in [0.4, 0.5) is 8.78 Å². The minimum atomic E-state index is -2.71. The molecule has 100 valence electrons. The van der Waals surface area contributed by atoms with E-state index in [1.165, 1.54) is 0 Å². The zero-order chi connectivity index (χ0) is 13.5. The standard InChI is InChI=1S/C12H10BrF2N3O/c13-8-3-1-2-7(4-8)10-17-11(19-18-10)9-5-12(14,15)6-16-9/h1-4,9,16H,5-6H2. The number of alkyl halides is 2. The zero-order valence-corrected chi connectivity index (χ0v) is 11.3. The number of hydrogen-bond acceptors (Lipinski definition) is 4. The van der Waals surface area contributed by atoms with E-state index in [0.29, 0.717) is 5.82 Å². The van der Waals surface area contributed by atoms with Crippen LogP contribution in [0.25, 0.3) is 11.4 Å². The number of hydrogen-bond donors (Lipinski definition) is 1. The van der Waals surface area contributed by atoms with Gasteiger partial charge in [0.2, 0.25) is 11.7 Å². The summed E-state index contributed by atoms with van der Waals surface area (Å²) in [5.74, 6) is -2.12. The minimum absolute atomic E-state index is 0.201. The summed E-state index contributed by atoms with van der Waals surface area (Å²) in [5, 5.41) is 6.51. The molecule has 1 aliphatic heterocycles. The molecule has 0 spiro atoms. The first-order valence-corrected chi connectivity index (χ1v) is 6.54. The van der Waals surface area contributed by atoms with E-state index < -0.39 is 12.0 Å². The summed E-state index contributed by atoms with van der Waals surface area (Å²) in [6.07, 6.45) is -0.312. The van der Waals surface area contributed by atoms with Crippen LogP contribution in [0.5, 0.6) is 0 Å². The van der Waals surface area contributed by atoms with Crippen molar-refractivity contribution in [2.24, 2.45) is 0 Å². The van der Waals surface area contributed by atoms with Crippen LogP contribution in [0.15, 0.2) is 33.3 Å². The predicted octanol–water partition coefficient (Wildman–Crippen LogP) is 3.17. The van der Waals surface area contributed by atoms with Gasteiger partial charge in [0.05, 0.1) is 12.6 Å². The highest BCUT2D eigenvalue weighted by Gasteiger charge is 2.42. The lowest BCUT2D eigenvalue weighted by atomic mass is 10.2. The van der Waals surface area contributed by atoms with Crippen LogP contribution >= 0.6 is 15.9 Å². The quantitative estimate of drug-likeness (QED) is 0.919. The fourth-order valence-electron chi connectivity index (χ4n) is 2.01. The molecule has 0 radical (unpaired) electrons. The minimum Gasteiger partial charge on any atom is -0.337 e. The molecule has 0 bridgehead atoms. The van der Waals surface area contributed by atoms with E-state index in [-0.39, 0.29) is 18.9 Å². The van der Waals surface area contributed by atoms with Crippen molar-refractivity contribution in [2.45, 2.75) is 18.4 Å². The highest BCUT2D eigenvalue weighted by molar-refractivity contribution is 9.10. The first-order chi connectivity index (χ1) is 9.03. The Morgan fingerprint density at radius 3 is 2.95 bits per heavy atom. The molecule has 1 aromatic carbocycles. The van der Waals surface area contributed by atoms with Gasteiger partial charge >= 0.3 is 0 Å². The van der Waals surface area contributed by atoms with Crippen molar-refractivity contribution in [3.05, 3.63) is 34.6 Å². The van der Waals surface area contributed by atoms with Gasteiger partial charge in [0.1, 0.15) is 0 Å². The number of benzene rings is 1. The molecule has 2 heterocycles. The summed E-state index contributed by atoms with van der Waals surface area (Å²) in [7, 11) is 0. The average molecular weight is 330 g/mol. The summed E-state index contributed by atoms with van der Waals surface area (Å²) in [4.78, 5) is 4.17. The SMILES string of the molecule is FC1(F)CNC(c2nc(-c3cccc(Br)c3)no2)C1. The number of rotatable bonds is 2. The van der Waals surface area contributed by atoms with E-state index in [0.717, 1.165) is 10.0 Å². The number of nitrogens with zero attached hydrogens (tertiary/aromatic N) is 2. The molecule has 1 atom stereocenters. The molecule has 1 N–H and O–H groups in total. The first-order valence-electron chi connectivity index (χ1n) is 5.74.